The number of hydrogen-bond acceptors (Lipinski definition) is 3. The van der Waals surface area contributed by atoms with Gasteiger partial charge in [0.15, 0.2) is 0 Å². The second-order valence-electron chi connectivity index (χ2n) is 8.40. The molecule has 1 aliphatic carbocycles. The predicted molar refractivity (Wildman–Crippen MR) is 117 cm³/mol. The monoisotopic (exact) mass is 426 g/mol. The first-order valence-electron chi connectivity index (χ1n) is 10.5. The van der Waals surface area contributed by atoms with Gasteiger partial charge in [-0.1, -0.05) is 12.1 Å². The highest BCUT2D eigenvalue weighted by atomic mass is 32.2. The van der Waals surface area contributed by atoms with E-state index in [9.17, 15) is 12.8 Å². The Hall–Kier alpha value is -2.31. The second kappa shape index (κ2) is 8.44. The quantitative estimate of drug-likeness (QED) is 0.600. The largest absolute Gasteiger partial charge is 0.256 e. The standard InChI is InChI=1S/C24H27FN2O2S/c1-16-4-3-5-21(14-16)30(28,29)27-17(2)18-6-8-19(9-7-18)22-12-13-26-24-11-10-20(25)15-23(22)24/h3-5,10-15,17-19,27H,6-9H2,1-2H3/t17-,18-,19-/m1/s1. The number of pyridine rings is 1. The van der Waals surface area contributed by atoms with Crippen LogP contribution in [-0.4, -0.2) is 19.4 Å². The molecule has 3 aromatic rings. The van der Waals surface area contributed by atoms with Crippen molar-refractivity contribution in [2.75, 3.05) is 0 Å². The molecule has 0 saturated heterocycles. The number of aromatic nitrogens is 1. The van der Waals surface area contributed by atoms with Crippen LogP contribution in [0.2, 0.25) is 0 Å². The highest BCUT2D eigenvalue weighted by Crippen LogP contribution is 2.39. The maximum absolute atomic E-state index is 13.8. The summed E-state index contributed by atoms with van der Waals surface area (Å²) in [6, 6.07) is 13.6. The van der Waals surface area contributed by atoms with Gasteiger partial charge in [-0.25, -0.2) is 17.5 Å². The molecule has 0 radical (unpaired) electrons. The zero-order chi connectivity index (χ0) is 21.3. The van der Waals surface area contributed by atoms with Crippen LogP contribution in [0.4, 0.5) is 4.39 Å². The highest BCUT2D eigenvalue weighted by Gasteiger charge is 2.29. The number of fused-ring (bicyclic) bond motifs is 1. The molecule has 2 aromatic carbocycles. The van der Waals surface area contributed by atoms with Crippen molar-refractivity contribution >= 4 is 20.9 Å². The Bertz CT molecular complexity index is 1150. The summed E-state index contributed by atoms with van der Waals surface area (Å²) in [6.45, 7) is 3.84. The van der Waals surface area contributed by atoms with Crippen LogP contribution in [0.15, 0.2) is 59.6 Å². The van der Waals surface area contributed by atoms with Gasteiger partial charge in [0.25, 0.3) is 0 Å². The predicted octanol–water partition coefficient (Wildman–Crippen LogP) is 5.32. The molecular formula is C24H27FN2O2S. The van der Waals surface area contributed by atoms with E-state index >= 15 is 0 Å². The van der Waals surface area contributed by atoms with Crippen molar-refractivity contribution in [3.8, 4) is 0 Å². The molecule has 6 heteroatoms. The summed E-state index contributed by atoms with van der Waals surface area (Å²) >= 11 is 0. The lowest BCUT2D eigenvalue weighted by molar-refractivity contribution is 0.281. The number of sulfonamides is 1. The highest BCUT2D eigenvalue weighted by molar-refractivity contribution is 7.89. The van der Waals surface area contributed by atoms with Gasteiger partial charge in [-0.2, -0.15) is 0 Å². The van der Waals surface area contributed by atoms with Gasteiger partial charge in [0.2, 0.25) is 10.0 Å². The van der Waals surface area contributed by atoms with E-state index in [0.29, 0.717) is 10.8 Å². The van der Waals surface area contributed by atoms with Crippen LogP contribution in [0.1, 0.15) is 49.7 Å². The summed E-state index contributed by atoms with van der Waals surface area (Å²) in [6.07, 6.45) is 5.57. The molecule has 30 heavy (non-hydrogen) atoms. The third kappa shape index (κ3) is 4.40. The first-order valence-corrected chi connectivity index (χ1v) is 11.9. The van der Waals surface area contributed by atoms with E-state index in [1.54, 1.807) is 36.5 Å². The van der Waals surface area contributed by atoms with Crippen molar-refractivity contribution < 1.29 is 12.8 Å². The number of hydrogen-bond donors (Lipinski definition) is 1. The van der Waals surface area contributed by atoms with Crippen LogP contribution in [0.25, 0.3) is 10.9 Å². The second-order valence-corrected chi connectivity index (χ2v) is 10.1. The average molecular weight is 427 g/mol. The summed E-state index contributed by atoms with van der Waals surface area (Å²) in [7, 11) is -3.53. The SMILES string of the molecule is Cc1cccc(S(=O)(=O)N[C@H](C)[C@H]2CC[C@H](c3ccnc4ccc(F)cc43)CC2)c1. The van der Waals surface area contributed by atoms with E-state index < -0.39 is 10.0 Å². The van der Waals surface area contributed by atoms with Crippen LogP contribution < -0.4 is 4.72 Å². The minimum atomic E-state index is -3.53. The maximum Gasteiger partial charge on any atom is 0.240 e. The van der Waals surface area contributed by atoms with Crippen LogP contribution in [0.3, 0.4) is 0 Å². The molecular weight excluding hydrogens is 399 g/mol. The van der Waals surface area contributed by atoms with E-state index in [2.05, 4.69) is 9.71 Å². The molecule has 1 atom stereocenters. The summed E-state index contributed by atoms with van der Waals surface area (Å²) in [5.74, 6) is 0.379. The molecule has 0 amide bonds. The van der Waals surface area contributed by atoms with Gasteiger partial charge < -0.3 is 0 Å². The minimum absolute atomic E-state index is 0.136. The Morgan fingerprint density at radius 2 is 1.83 bits per heavy atom. The van der Waals surface area contributed by atoms with Crippen molar-refractivity contribution in [2.24, 2.45) is 5.92 Å². The topological polar surface area (TPSA) is 59.1 Å². The zero-order valence-corrected chi connectivity index (χ0v) is 18.1. The molecule has 1 saturated carbocycles. The lowest BCUT2D eigenvalue weighted by atomic mass is 9.76. The van der Waals surface area contributed by atoms with Crippen molar-refractivity contribution in [2.45, 2.75) is 56.4 Å². The first kappa shape index (κ1) is 20.9. The van der Waals surface area contributed by atoms with Crippen molar-refractivity contribution in [1.29, 1.82) is 0 Å². The number of halogens is 1. The summed E-state index contributed by atoms with van der Waals surface area (Å²) < 4.78 is 42.2. The van der Waals surface area contributed by atoms with Crippen LogP contribution in [0, 0.1) is 18.7 Å². The third-order valence-electron chi connectivity index (χ3n) is 6.30. The first-order chi connectivity index (χ1) is 14.3. The van der Waals surface area contributed by atoms with E-state index in [0.717, 1.165) is 47.7 Å². The number of nitrogens with one attached hydrogen (secondary N) is 1. The Morgan fingerprint density at radius 1 is 1.07 bits per heavy atom. The molecule has 1 fully saturated rings. The number of benzene rings is 2. The van der Waals surface area contributed by atoms with Gasteiger partial charge in [0, 0.05) is 17.6 Å². The van der Waals surface area contributed by atoms with Gasteiger partial charge in [-0.3, -0.25) is 4.98 Å². The molecule has 4 rings (SSSR count). The molecule has 0 bridgehead atoms. The van der Waals surface area contributed by atoms with Gasteiger partial charge in [-0.15, -0.1) is 0 Å². The van der Waals surface area contributed by atoms with E-state index in [4.69, 9.17) is 0 Å². The Labute approximate surface area is 177 Å². The molecule has 1 aromatic heterocycles. The van der Waals surface area contributed by atoms with Crippen molar-refractivity contribution in [3.63, 3.8) is 0 Å². The minimum Gasteiger partial charge on any atom is -0.256 e. The molecule has 1 N–H and O–H groups in total. The van der Waals surface area contributed by atoms with Crippen LogP contribution >= 0.6 is 0 Å². The summed E-state index contributed by atoms with van der Waals surface area (Å²) in [5.41, 5.74) is 2.88. The molecule has 0 spiro atoms. The molecule has 1 heterocycles. The van der Waals surface area contributed by atoms with Gasteiger partial charge in [-0.05, 0) is 98.9 Å². The molecule has 4 nitrogen and oxygen atoms in total. The lowest BCUT2D eigenvalue weighted by Gasteiger charge is -2.33. The summed E-state index contributed by atoms with van der Waals surface area (Å²) in [5, 5.41) is 0.883. The van der Waals surface area contributed by atoms with Gasteiger partial charge in [0.05, 0.1) is 10.4 Å². The van der Waals surface area contributed by atoms with Gasteiger partial charge in [0.1, 0.15) is 5.82 Å². The van der Waals surface area contributed by atoms with Crippen molar-refractivity contribution in [3.05, 3.63) is 71.7 Å². The zero-order valence-electron chi connectivity index (χ0n) is 17.3. The fourth-order valence-corrected chi connectivity index (χ4v) is 6.03. The van der Waals surface area contributed by atoms with E-state index in [1.165, 1.54) is 6.07 Å². The normalized spacial score (nSPS) is 20.9. The van der Waals surface area contributed by atoms with Crippen molar-refractivity contribution in [1.82, 2.24) is 9.71 Å². The molecule has 1 aliphatic rings. The summed E-state index contributed by atoms with van der Waals surface area (Å²) in [4.78, 5) is 4.67. The molecule has 158 valence electrons. The molecule has 0 unspecified atom stereocenters. The smallest absolute Gasteiger partial charge is 0.240 e. The number of aryl methyl sites for hydroxylation is 1. The maximum atomic E-state index is 13.8. The lowest BCUT2D eigenvalue weighted by Crippen LogP contribution is -2.39. The fourth-order valence-electron chi connectivity index (χ4n) is 4.62. The Kier molecular flexibility index (Phi) is 5.89. The van der Waals surface area contributed by atoms with E-state index in [1.807, 2.05) is 26.0 Å². The number of nitrogens with zero attached hydrogens (tertiary/aromatic N) is 1. The Morgan fingerprint density at radius 3 is 2.57 bits per heavy atom. The van der Waals surface area contributed by atoms with Crippen LogP contribution in [-0.2, 0) is 10.0 Å². The molecule has 0 aliphatic heterocycles. The third-order valence-corrected chi connectivity index (χ3v) is 7.85. The van der Waals surface area contributed by atoms with Gasteiger partial charge >= 0.3 is 0 Å². The van der Waals surface area contributed by atoms with E-state index in [-0.39, 0.29) is 17.8 Å². The Balaban J connectivity index is 1.44. The average Bonchev–Trinajstić information content (AvgIpc) is 2.73. The fraction of sp³-hybridized carbons (Fsp3) is 0.375. The van der Waals surface area contributed by atoms with Crippen LogP contribution in [0.5, 0.6) is 0 Å². The number of rotatable bonds is 5.